The molecule has 2 nitrogen and oxygen atoms in total. The Morgan fingerprint density at radius 2 is 1.45 bits per heavy atom. The van der Waals surface area contributed by atoms with Crippen molar-refractivity contribution >= 4 is 20.5 Å². The first-order chi connectivity index (χ1) is 9.32. The van der Waals surface area contributed by atoms with Crippen molar-refractivity contribution < 1.29 is 22.0 Å². The molecule has 0 heterocycles. The third-order valence-electron chi connectivity index (χ3n) is 2.72. The van der Waals surface area contributed by atoms with Gasteiger partial charge in [-0.15, -0.1) is 0 Å². The summed E-state index contributed by atoms with van der Waals surface area (Å²) in [7, 11) is 1.83. The van der Waals surface area contributed by atoms with E-state index in [-0.39, 0.29) is 0 Å². The van der Waals surface area contributed by atoms with Crippen molar-refractivity contribution in [3.63, 3.8) is 0 Å². The van der Waals surface area contributed by atoms with E-state index in [0.717, 1.165) is 0 Å². The number of rotatable bonds is 0. The minimum atomic E-state index is -2.08. The minimum absolute atomic E-state index is 0.395. The van der Waals surface area contributed by atoms with Crippen LogP contribution in [0.2, 0.25) is 0 Å². The fourth-order valence-electron chi connectivity index (χ4n) is 1.81. The second-order valence-electron chi connectivity index (χ2n) is 3.77. The highest BCUT2D eigenvalue weighted by molar-refractivity contribution is 7.25. The number of halogens is 5. The van der Waals surface area contributed by atoms with Gasteiger partial charge in [-0.3, -0.25) is 0 Å². The van der Waals surface area contributed by atoms with E-state index in [1.54, 1.807) is 0 Å². The number of allylic oxidation sites excluding steroid dienone is 3. The van der Waals surface area contributed by atoms with Gasteiger partial charge in [0.25, 0.3) is 0 Å². The van der Waals surface area contributed by atoms with Crippen molar-refractivity contribution in [1.29, 1.82) is 5.26 Å². The molecule has 8 heteroatoms. The van der Waals surface area contributed by atoms with Crippen LogP contribution in [0.3, 0.4) is 0 Å². The second kappa shape index (κ2) is 4.80. The molecule has 1 aliphatic rings. The Morgan fingerprint density at radius 1 is 0.950 bits per heavy atom. The molecule has 0 spiro atoms. The number of hydrogen-bond acceptors (Lipinski definition) is 2. The van der Waals surface area contributed by atoms with Crippen LogP contribution in [0.4, 0.5) is 22.0 Å². The van der Waals surface area contributed by atoms with Crippen molar-refractivity contribution in [2.45, 2.75) is 0 Å². The van der Waals surface area contributed by atoms with Crippen LogP contribution in [-0.2, 0) is 0 Å². The molecule has 1 aromatic rings. The van der Waals surface area contributed by atoms with Gasteiger partial charge in [0.1, 0.15) is 5.83 Å². The third-order valence-corrected chi connectivity index (χ3v) is 3.25. The first-order valence-corrected chi connectivity index (χ1v) is 5.59. The predicted molar refractivity (Wildman–Crippen MR) is 65.3 cm³/mol. The van der Waals surface area contributed by atoms with Crippen molar-refractivity contribution in [2.75, 3.05) is 0 Å². The maximum absolute atomic E-state index is 13.8. The maximum Gasteiger partial charge on any atom is 0.206 e. The van der Waals surface area contributed by atoms with Crippen LogP contribution in [0, 0.1) is 34.7 Å². The Bertz CT molecular complexity index is 758. The SMILES string of the molecule is C=C1C(F)=C(P)C(=NC#N)c2c(F)c(F)c(F)c(F)c21. The molecule has 0 saturated heterocycles. The van der Waals surface area contributed by atoms with Gasteiger partial charge in [-0.05, 0) is 0 Å². The first kappa shape index (κ1) is 14.4. The topological polar surface area (TPSA) is 36.1 Å². The normalized spacial score (nSPS) is 16.4. The molecule has 1 aromatic carbocycles. The van der Waals surface area contributed by atoms with Crippen LogP contribution in [0.1, 0.15) is 11.1 Å². The second-order valence-corrected chi connectivity index (χ2v) is 4.35. The van der Waals surface area contributed by atoms with Crippen LogP contribution in [-0.4, -0.2) is 5.71 Å². The van der Waals surface area contributed by atoms with Gasteiger partial charge in [0.15, 0.2) is 23.3 Å². The molecular formula is C12H4F5N2P. The summed E-state index contributed by atoms with van der Waals surface area (Å²) in [6, 6.07) is 0. The summed E-state index contributed by atoms with van der Waals surface area (Å²) in [6.07, 6.45) is 1.26. The number of nitrogens with zero attached hydrogens (tertiary/aromatic N) is 2. The van der Waals surface area contributed by atoms with Crippen molar-refractivity contribution in [3.05, 3.63) is 52.1 Å². The van der Waals surface area contributed by atoms with Gasteiger partial charge < -0.3 is 0 Å². The van der Waals surface area contributed by atoms with E-state index in [4.69, 9.17) is 5.26 Å². The molecule has 0 fully saturated rings. The zero-order valence-electron chi connectivity index (χ0n) is 9.57. The van der Waals surface area contributed by atoms with Crippen molar-refractivity contribution in [1.82, 2.24) is 0 Å². The molecule has 1 unspecified atom stereocenters. The lowest BCUT2D eigenvalue weighted by molar-refractivity contribution is 0.406. The monoisotopic (exact) mass is 302 g/mol. The molecule has 0 N–H and O–H groups in total. The Kier molecular flexibility index (Phi) is 3.45. The Balaban J connectivity index is 3.02. The van der Waals surface area contributed by atoms with E-state index in [0.29, 0.717) is 0 Å². The lowest BCUT2D eigenvalue weighted by Gasteiger charge is -2.21. The average molecular weight is 302 g/mol. The number of fused-ring (bicyclic) bond motifs is 1. The first-order valence-electron chi connectivity index (χ1n) is 5.01. The van der Waals surface area contributed by atoms with Crippen LogP contribution >= 0.6 is 9.24 Å². The third kappa shape index (κ3) is 1.76. The highest BCUT2D eigenvalue weighted by Gasteiger charge is 2.35. The zero-order valence-corrected chi connectivity index (χ0v) is 10.7. The molecule has 2 rings (SSSR count). The lowest BCUT2D eigenvalue weighted by atomic mass is 9.89. The molecule has 0 bridgehead atoms. The predicted octanol–water partition coefficient (Wildman–Crippen LogP) is 3.60. The quantitative estimate of drug-likeness (QED) is 0.237. The molecule has 102 valence electrons. The van der Waals surface area contributed by atoms with Crippen LogP contribution in [0.15, 0.2) is 22.7 Å². The van der Waals surface area contributed by atoms with Gasteiger partial charge in [-0.1, -0.05) is 15.8 Å². The van der Waals surface area contributed by atoms with Crippen molar-refractivity contribution in [2.24, 2.45) is 4.99 Å². The van der Waals surface area contributed by atoms with Gasteiger partial charge >= 0.3 is 0 Å². The molecule has 0 saturated carbocycles. The molecule has 20 heavy (non-hydrogen) atoms. The highest BCUT2D eigenvalue weighted by Crippen LogP contribution is 2.41. The van der Waals surface area contributed by atoms with E-state index in [1.165, 1.54) is 6.19 Å². The van der Waals surface area contributed by atoms with Gasteiger partial charge in [-0.25, -0.2) is 22.0 Å². The van der Waals surface area contributed by atoms with Crippen molar-refractivity contribution in [3.8, 4) is 6.19 Å². The molecule has 1 aliphatic carbocycles. The largest absolute Gasteiger partial charge is 0.206 e. The lowest BCUT2D eigenvalue weighted by Crippen LogP contribution is -2.19. The molecule has 0 aliphatic heterocycles. The van der Waals surface area contributed by atoms with Crippen LogP contribution in [0.5, 0.6) is 0 Å². The summed E-state index contributed by atoms with van der Waals surface area (Å²) in [4.78, 5) is 3.13. The fraction of sp³-hybridized carbons (Fsp3) is 0. The van der Waals surface area contributed by atoms with E-state index >= 15 is 0 Å². The summed E-state index contributed by atoms with van der Waals surface area (Å²) >= 11 is 0. The molecule has 0 aromatic heterocycles. The minimum Gasteiger partial charge on any atom is -0.206 e. The smallest absolute Gasteiger partial charge is 0.206 e. The van der Waals surface area contributed by atoms with Gasteiger partial charge in [0.2, 0.25) is 6.19 Å². The number of benzene rings is 1. The van der Waals surface area contributed by atoms with E-state index in [1.807, 2.05) is 9.24 Å². The standard InChI is InChI=1S/C12H4F5N2P/c1-3-4-5(8(15)10(17)9(16)7(4)14)11(19-2-18)12(20)6(3)13/h1,20H2. The summed E-state index contributed by atoms with van der Waals surface area (Å²) in [5.41, 5.74) is -3.01. The Hall–Kier alpha value is -2.06. The van der Waals surface area contributed by atoms with Gasteiger partial charge in [0.05, 0.1) is 11.3 Å². The van der Waals surface area contributed by atoms with E-state index in [2.05, 4.69) is 11.6 Å². The van der Waals surface area contributed by atoms with E-state index < -0.39 is 56.8 Å². The number of nitriles is 1. The maximum atomic E-state index is 13.8. The number of aliphatic imine (C=N–C) groups is 1. The zero-order chi connectivity index (χ0) is 15.2. The average Bonchev–Trinajstić information content (AvgIpc) is 2.43. The van der Waals surface area contributed by atoms with E-state index in [9.17, 15) is 22.0 Å². The van der Waals surface area contributed by atoms with Crippen LogP contribution < -0.4 is 0 Å². The van der Waals surface area contributed by atoms with Gasteiger partial charge in [0, 0.05) is 16.5 Å². The highest BCUT2D eigenvalue weighted by atomic mass is 31.0. The summed E-state index contributed by atoms with van der Waals surface area (Å²) in [5.74, 6) is -8.82. The molecular weight excluding hydrogens is 298 g/mol. The molecule has 0 radical (unpaired) electrons. The fourth-order valence-corrected chi connectivity index (χ4v) is 2.20. The Labute approximate surface area is 112 Å². The molecule has 1 atom stereocenters. The summed E-state index contributed by atoms with van der Waals surface area (Å²) in [5, 5.41) is 8.10. The summed E-state index contributed by atoms with van der Waals surface area (Å²) < 4.78 is 67.8. The molecule has 0 amide bonds. The van der Waals surface area contributed by atoms with Crippen LogP contribution in [0.25, 0.3) is 5.57 Å². The van der Waals surface area contributed by atoms with Gasteiger partial charge in [-0.2, -0.15) is 10.3 Å². The number of hydrogen-bond donors (Lipinski definition) is 0. The Morgan fingerprint density at radius 3 is 1.95 bits per heavy atom. The summed E-state index contributed by atoms with van der Waals surface area (Å²) in [6.45, 7) is 3.17.